The van der Waals surface area contributed by atoms with Gasteiger partial charge in [-0.25, -0.2) is 4.98 Å². The van der Waals surface area contributed by atoms with Crippen LogP contribution in [0, 0.1) is 0 Å². The van der Waals surface area contributed by atoms with Gasteiger partial charge < -0.3 is 14.6 Å². The van der Waals surface area contributed by atoms with Crippen molar-refractivity contribution in [2.75, 3.05) is 5.75 Å². The topological polar surface area (TPSA) is 83.6 Å². The summed E-state index contributed by atoms with van der Waals surface area (Å²) in [5.74, 6) is -0.576. The number of hydrogen-bond acceptors (Lipinski definition) is 6. The molecule has 5 nitrogen and oxygen atoms in total. The normalized spacial score (nSPS) is 10.4. The summed E-state index contributed by atoms with van der Waals surface area (Å²) in [5, 5.41) is 18.8. The van der Waals surface area contributed by atoms with Crippen LogP contribution in [0.15, 0.2) is 40.3 Å². The van der Waals surface area contributed by atoms with Crippen molar-refractivity contribution in [2.45, 2.75) is 5.22 Å². The van der Waals surface area contributed by atoms with Gasteiger partial charge >= 0.3 is 0 Å². The predicted molar refractivity (Wildman–Crippen MR) is 61.3 cm³/mol. The van der Waals surface area contributed by atoms with Crippen LogP contribution in [0.4, 0.5) is 0 Å². The number of rotatable bonds is 4. The van der Waals surface area contributed by atoms with E-state index in [0.29, 0.717) is 10.8 Å². The number of Topliss-reactive ketones (excluding diaryl/α,β-unsaturated/α-hetero) is 1. The second-order valence-corrected chi connectivity index (χ2v) is 4.14. The first-order chi connectivity index (χ1) is 8.16. The molecule has 0 aliphatic carbocycles. The molecule has 0 aliphatic heterocycles. The lowest BCUT2D eigenvalue weighted by Crippen LogP contribution is -2.01. The van der Waals surface area contributed by atoms with E-state index in [0.717, 1.165) is 0 Å². The molecule has 0 fully saturated rings. The van der Waals surface area contributed by atoms with Gasteiger partial charge in [0.25, 0.3) is 5.22 Å². The highest BCUT2D eigenvalue weighted by atomic mass is 32.2. The van der Waals surface area contributed by atoms with E-state index in [1.807, 2.05) is 0 Å². The van der Waals surface area contributed by atoms with Crippen LogP contribution in [0.1, 0.15) is 10.4 Å². The molecule has 6 heteroatoms. The number of thioether (sulfide) groups is 1. The lowest BCUT2D eigenvalue weighted by molar-refractivity contribution is 0.102. The average Bonchev–Trinajstić information content (AvgIpc) is 2.82. The van der Waals surface area contributed by atoms with Gasteiger partial charge in [-0.1, -0.05) is 11.8 Å². The highest BCUT2D eigenvalue weighted by Crippen LogP contribution is 2.26. The third-order valence-corrected chi connectivity index (χ3v) is 2.89. The number of aromatic nitrogens is 1. The minimum absolute atomic E-state index is 0.157. The van der Waals surface area contributed by atoms with Gasteiger partial charge in [-0.2, -0.15) is 0 Å². The molecule has 17 heavy (non-hydrogen) atoms. The number of benzene rings is 1. The minimum Gasteiger partial charge on any atom is -0.504 e. The summed E-state index contributed by atoms with van der Waals surface area (Å²) >= 11 is 1.17. The standard InChI is InChI=1S/C11H9NO4S/c13-8-2-1-7(5-9(8)14)10(15)6-17-11-12-3-4-16-11/h1-5,13-14H,6H2. The Bertz CT molecular complexity index is 524. The fourth-order valence-electron chi connectivity index (χ4n) is 1.19. The molecular weight excluding hydrogens is 242 g/mol. The molecule has 0 amide bonds. The molecule has 2 aromatic rings. The second kappa shape index (κ2) is 4.92. The summed E-state index contributed by atoms with van der Waals surface area (Å²) in [4.78, 5) is 15.6. The van der Waals surface area contributed by atoms with Crippen LogP contribution in [-0.4, -0.2) is 26.7 Å². The van der Waals surface area contributed by atoms with Crippen molar-refractivity contribution >= 4 is 17.5 Å². The van der Waals surface area contributed by atoms with Crippen molar-refractivity contribution in [3.63, 3.8) is 0 Å². The average molecular weight is 251 g/mol. The molecule has 0 spiro atoms. The SMILES string of the molecule is O=C(CSc1ncco1)c1ccc(O)c(O)c1. The maximum absolute atomic E-state index is 11.7. The molecule has 0 atom stereocenters. The van der Waals surface area contributed by atoms with Crippen LogP contribution in [0.3, 0.4) is 0 Å². The van der Waals surface area contributed by atoms with Crippen LogP contribution in [0.25, 0.3) is 0 Å². The van der Waals surface area contributed by atoms with E-state index in [1.54, 1.807) is 0 Å². The number of carbonyl (C=O) groups is 1. The van der Waals surface area contributed by atoms with E-state index < -0.39 is 0 Å². The summed E-state index contributed by atoms with van der Waals surface area (Å²) in [6, 6.07) is 3.96. The number of ketones is 1. The lowest BCUT2D eigenvalue weighted by atomic mass is 10.1. The van der Waals surface area contributed by atoms with Crippen molar-refractivity contribution in [2.24, 2.45) is 0 Å². The highest BCUT2D eigenvalue weighted by molar-refractivity contribution is 7.99. The van der Waals surface area contributed by atoms with Crippen molar-refractivity contribution in [1.29, 1.82) is 0 Å². The fraction of sp³-hybridized carbons (Fsp3) is 0.0909. The molecule has 0 saturated carbocycles. The first kappa shape index (κ1) is 11.5. The van der Waals surface area contributed by atoms with Crippen molar-refractivity contribution in [3.05, 3.63) is 36.2 Å². The van der Waals surface area contributed by atoms with Crippen LogP contribution in [0.2, 0.25) is 0 Å². The number of carbonyl (C=O) groups excluding carboxylic acids is 1. The largest absolute Gasteiger partial charge is 0.504 e. The maximum atomic E-state index is 11.7. The van der Waals surface area contributed by atoms with E-state index in [4.69, 9.17) is 9.52 Å². The zero-order chi connectivity index (χ0) is 12.3. The Balaban J connectivity index is 2.02. The van der Waals surface area contributed by atoms with Gasteiger partial charge in [0.15, 0.2) is 17.3 Å². The first-order valence-corrected chi connectivity index (χ1v) is 5.73. The molecule has 0 unspecified atom stereocenters. The molecular formula is C11H9NO4S. The highest BCUT2D eigenvalue weighted by Gasteiger charge is 2.10. The van der Waals surface area contributed by atoms with E-state index in [2.05, 4.69) is 4.98 Å². The summed E-state index contributed by atoms with van der Waals surface area (Å²) in [6.07, 6.45) is 2.93. The Morgan fingerprint density at radius 2 is 2.18 bits per heavy atom. The van der Waals surface area contributed by atoms with E-state index in [-0.39, 0.29) is 23.0 Å². The number of aromatic hydroxyl groups is 2. The summed E-state index contributed by atoms with van der Waals surface area (Å²) in [6.45, 7) is 0. The summed E-state index contributed by atoms with van der Waals surface area (Å²) in [5.41, 5.74) is 0.333. The van der Waals surface area contributed by atoms with Crippen molar-refractivity contribution < 1.29 is 19.4 Å². The number of phenols is 2. The summed E-state index contributed by atoms with van der Waals surface area (Å²) in [7, 11) is 0. The predicted octanol–water partition coefficient (Wildman–Crippen LogP) is 2.06. The van der Waals surface area contributed by atoms with Gasteiger partial charge in [0.05, 0.1) is 11.9 Å². The lowest BCUT2D eigenvalue weighted by Gasteiger charge is -2.01. The smallest absolute Gasteiger partial charge is 0.255 e. The Kier molecular flexibility index (Phi) is 3.34. The molecule has 0 aliphatic rings. The van der Waals surface area contributed by atoms with E-state index in [1.165, 1.54) is 42.4 Å². The summed E-state index contributed by atoms with van der Waals surface area (Å²) < 4.78 is 4.97. The molecule has 88 valence electrons. The van der Waals surface area contributed by atoms with Crippen molar-refractivity contribution in [3.8, 4) is 11.5 Å². The molecule has 2 rings (SSSR count). The van der Waals surface area contributed by atoms with Crippen LogP contribution in [0.5, 0.6) is 11.5 Å². The van der Waals surface area contributed by atoms with E-state index in [9.17, 15) is 9.90 Å². The number of hydrogen-bond donors (Lipinski definition) is 2. The Labute approximate surface area is 101 Å². The molecule has 1 aromatic heterocycles. The van der Waals surface area contributed by atoms with Crippen LogP contribution < -0.4 is 0 Å². The van der Waals surface area contributed by atoms with Gasteiger partial charge in [-0.05, 0) is 18.2 Å². The van der Waals surface area contributed by atoms with E-state index >= 15 is 0 Å². The third kappa shape index (κ3) is 2.79. The fourth-order valence-corrected chi connectivity index (χ4v) is 1.87. The monoisotopic (exact) mass is 251 g/mol. The number of phenolic OH excluding ortho intramolecular Hbond substituents is 2. The van der Waals surface area contributed by atoms with Crippen molar-refractivity contribution in [1.82, 2.24) is 4.98 Å². The second-order valence-electron chi connectivity index (χ2n) is 3.21. The number of oxazole rings is 1. The zero-order valence-electron chi connectivity index (χ0n) is 8.66. The van der Waals surface area contributed by atoms with Gasteiger partial charge in [0.1, 0.15) is 6.26 Å². The Morgan fingerprint density at radius 1 is 1.35 bits per heavy atom. The van der Waals surface area contributed by atoms with Gasteiger partial charge in [0.2, 0.25) is 0 Å². The maximum Gasteiger partial charge on any atom is 0.255 e. The van der Waals surface area contributed by atoms with Gasteiger partial charge in [0, 0.05) is 5.56 Å². The first-order valence-electron chi connectivity index (χ1n) is 4.74. The minimum atomic E-state index is -0.308. The molecule has 0 radical (unpaired) electrons. The van der Waals surface area contributed by atoms with Gasteiger partial charge in [-0.3, -0.25) is 4.79 Å². The Hall–Kier alpha value is -1.95. The van der Waals surface area contributed by atoms with Crippen LogP contribution >= 0.6 is 11.8 Å². The molecule has 0 saturated heterocycles. The molecule has 0 bridgehead atoms. The van der Waals surface area contributed by atoms with Gasteiger partial charge in [-0.15, -0.1) is 0 Å². The molecule has 1 aromatic carbocycles. The quantitative estimate of drug-likeness (QED) is 0.491. The Morgan fingerprint density at radius 3 is 2.82 bits per heavy atom. The molecule has 1 heterocycles. The molecule has 2 N–H and O–H groups in total. The third-order valence-electron chi connectivity index (χ3n) is 2.03. The van der Waals surface area contributed by atoms with Crippen LogP contribution in [-0.2, 0) is 0 Å². The zero-order valence-corrected chi connectivity index (χ0v) is 9.48. The number of nitrogens with zero attached hydrogens (tertiary/aromatic N) is 1.